The SMILES string of the molecule is CN1C=CC=C(I)C1c1cn(CC2CC2)nn1. The first-order valence-electron chi connectivity index (χ1n) is 5.90. The van der Waals surface area contributed by atoms with Gasteiger partial charge in [-0.25, -0.2) is 0 Å². The Kier molecular flexibility index (Phi) is 2.94. The van der Waals surface area contributed by atoms with Crippen LogP contribution < -0.4 is 0 Å². The van der Waals surface area contributed by atoms with Gasteiger partial charge in [-0.3, -0.25) is 4.68 Å². The van der Waals surface area contributed by atoms with Crippen molar-refractivity contribution >= 4 is 22.6 Å². The van der Waals surface area contributed by atoms with Crippen molar-refractivity contribution in [2.75, 3.05) is 7.05 Å². The predicted molar refractivity (Wildman–Crippen MR) is 74.5 cm³/mol. The van der Waals surface area contributed by atoms with Crippen molar-refractivity contribution in [1.82, 2.24) is 19.9 Å². The lowest BCUT2D eigenvalue weighted by atomic mass is 10.1. The number of allylic oxidation sites excluding steroid dienone is 2. The maximum absolute atomic E-state index is 4.31. The molecular weight excluding hydrogens is 327 g/mol. The van der Waals surface area contributed by atoms with Gasteiger partial charge < -0.3 is 4.90 Å². The average molecular weight is 342 g/mol. The smallest absolute Gasteiger partial charge is 0.110 e. The fourth-order valence-corrected chi connectivity index (χ4v) is 3.05. The lowest BCUT2D eigenvalue weighted by molar-refractivity contribution is 0.380. The van der Waals surface area contributed by atoms with E-state index in [1.54, 1.807) is 0 Å². The third-order valence-corrected chi connectivity index (χ3v) is 4.17. The van der Waals surface area contributed by atoms with Gasteiger partial charge in [0, 0.05) is 17.2 Å². The molecule has 0 spiro atoms. The molecule has 3 rings (SSSR count). The molecule has 1 fully saturated rings. The second-order valence-corrected chi connectivity index (χ2v) is 6.02. The summed E-state index contributed by atoms with van der Waals surface area (Å²) in [6.45, 7) is 1.03. The summed E-state index contributed by atoms with van der Waals surface area (Å²) in [5.74, 6) is 0.836. The van der Waals surface area contributed by atoms with Crippen LogP contribution >= 0.6 is 22.6 Å². The summed E-state index contributed by atoms with van der Waals surface area (Å²) in [5.41, 5.74) is 1.04. The van der Waals surface area contributed by atoms with Crippen molar-refractivity contribution in [3.05, 3.63) is 33.8 Å². The molecule has 1 aromatic heterocycles. The van der Waals surface area contributed by atoms with E-state index >= 15 is 0 Å². The van der Waals surface area contributed by atoms with Crippen LogP contribution in [0.25, 0.3) is 0 Å². The van der Waals surface area contributed by atoms with Gasteiger partial charge in [0.15, 0.2) is 0 Å². The average Bonchev–Trinajstić information content (AvgIpc) is 2.97. The van der Waals surface area contributed by atoms with Gasteiger partial charge in [0.05, 0.1) is 6.20 Å². The van der Waals surface area contributed by atoms with E-state index in [-0.39, 0.29) is 6.04 Å². The van der Waals surface area contributed by atoms with Gasteiger partial charge in [-0.15, -0.1) is 5.10 Å². The highest BCUT2D eigenvalue weighted by Crippen LogP contribution is 2.34. The minimum absolute atomic E-state index is 0.230. The molecule has 0 N–H and O–H groups in total. The Morgan fingerprint density at radius 2 is 2.29 bits per heavy atom. The zero-order valence-electron chi connectivity index (χ0n) is 9.75. The molecule has 0 amide bonds. The molecule has 17 heavy (non-hydrogen) atoms. The number of nitrogens with zero attached hydrogens (tertiary/aromatic N) is 4. The second-order valence-electron chi connectivity index (χ2n) is 4.77. The van der Waals surface area contributed by atoms with Crippen LogP contribution in [-0.4, -0.2) is 26.9 Å². The number of hydrogen-bond acceptors (Lipinski definition) is 3. The molecule has 1 unspecified atom stereocenters. The van der Waals surface area contributed by atoms with E-state index < -0.39 is 0 Å². The van der Waals surface area contributed by atoms with Crippen molar-refractivity contribution < 1.29 is 0 Å². The van der Waals surface area contributed by atoms with Crippen LogP contribution in [0.4, 0.5) is 0 Å². The molecule has 2 heterocycles. The maximum Gasteiger partial charge on any atom is 0.110 e. The molecular formula is C12H15IN4. The van der Waals surface area contributed by atoms with Crippen LogP contribution in [0.15, 0.2) is 28.1 Å². The van der Waals surface area contributed by atoms with E-state index in [2.05, 4.69) is 69.4 Å². The second kappa shape index (κ2) is 4.44. The van der Waals surface area contributed by atoms with E-state index in [0.29, 0.717) is 0 Å². The lowest BCUT2D eigenvalue weighted by Gasteiger charge is -2.27. The normalized spacial score (nSPS) is 24.0. The Bertz CT molecular complexity index is 473. The Morgan fingerprint density at radius 1 is 1.47 bits per heavy atom. The molecule has 0 bridgehead atoms. The molecule has 1 aliphatic carbocycles. The van der Waals surface area contributed by atoms with Crippen molar-refractivity contribution in [1.29, 1.82) is 0 Å². The minimum atomic E-state index is 0.230. The van der Waals surface area contributed by atoms with Gasteiger partial charge in [0.2, 0.25) is 0 Å². The first-order valence-corrected chi connectivity index (χ1v) is 6.98. The van der Waals surface area contributed by atoms with E-state index in [4.69, 9.17) is 0 Å². The Hall–Kier alpha value is -0.850. The molecule has 5 heteroatoms. The molecule has 4 nitrogen and oxygen atoms in total. The summed E-state index contributed by atoms with van der Waals surface area (Å²) in [6, 6.07) is 0.230. The maximum atomic E-state index is 4.31. The molecule has 1 aromatic rings. The third-order valence-electron chi connectivity index (χ3n) is 3.22. The summed E-state index contributed by atoms with van der Waals surface area (Å²) in [5, 5.41) is 8.54. The first kappa shape index (κ1) is 11.3. The summed E-state index contributed by atoms with van der Waals surface area (Å²) < 4.78 is 3.27. The summed E-state index contributed by atoms with van der Waals surface area (Å²) in [6.07, 6.45) is 11.0. The molecule has 1 saturated carbocycles. The van der Waals surface area contributed by atoms with Crippen molar-refractivity contribution in [2.45, 2.75) is 25.4 Å². The third kappa shape index (κ3) is 2.38. The number of likely N-dealkylation sites (N-methyl/N-ethyl adjacent to an activating group) is 1. The van der Waals surface area contributed by atoms with Gasteiger partial charge in [0.25, 0.3) is 0 Å². The molecule has 1 aliphatic heterocycles. The molecule has 0 saturated heterocycles. The quantitative estimate of drug-likeness (QED) is 0.792. The molecule has 2 aliphatic rings. The number of aromatic nitrogens is 3. The van der Waals surface area contributed by atoms with E-state index in [1.165, 1.54) is 16.4 Å². The standard InChI is InChI=1S/C12H15IN4/c1-16-6-2-3-10(13)12(16)11-8-17(15-14-11)7-9-4-5-9/h2-3,6,8-9,12H,4-5,7H2,1H3. The van der Waals surface area contributed by atoms with Gasteiger partial charge in [-0.05, 0) is 59.7 Å². The lowest BCUT2D eigenvalue weighted by Crippen LogP contribution is -2.21. The number of hydrogen-bond donors (Lipinski definition) is 0. The van der Waals surface area contributed by atoms with Crippen LogP contribution in [-0.2, 0) is 6.54 Å². The summed E-state index contributed by atoms with van der Waals surface area (Å²) in [4.78, 5) is 2.17. The van der Waals surface area contributed by atoms with Gasteiger partial charge in [0.1, 0.15) is 11.7 Å². The summed E-state index contributed by atoms with van der Waals surface area (Å²) >= 11 is 2.38. The van der Waals surface area contributed by atoms with E-state index in [1.807, 2.05) is 4.68 Å². The molecule has 0 aromatic carbocycles. The van der Waals surface area contributed by atoms with Gasteiger partial charge in [-0.2, -0.15) is 0 Å². The Balaban J connectivity index is 1.80. The van der Waals surface area contributed by atoms with Gasteiger partial charge >= 0.3 is 0 Å². The monoisotopic (exact) mass is 342 g/mol. The van der Waals surface area contributed by atoms with Crippen LogP contribution in [0.5, 0.6) is 0 Å². The highest BCUT2D eigenvalue weighted by Gasteiger charge is 2.25. The first-order chi connectivity index (χ1) is 8.24. The van der Waals surface area contributed by atoms with E-state index in [0.717, 1.165) is 18.2 Å². The van der Waals surface area contributed by atoms with Crippen LogP contribution in [0.1, 0.15) is 24.6 Å². The van der Waals surface area contributed by atoms with Crippen LogP contribution in [0, 0.1) is 5.92 Å². The van der Waals surface area contributed by atoms with Crippen molar-refractivity contribution in [3.63, 3.8) is 0 Å². The summed E-state index contributed by atoms with van der Waals surface area (Å²) in [7, 11) is 2.08. The van der Waals surface area contributed by atoms with Gasteiger partial charge in [-0.1, -0.05) is 5.21 Å². The number of halogens is 1. The van der Waals surface area contributed by atoms with Crippen molar-refractivity contribution in [3.8, 4) is 0 Å². The Morgan fingerprint density at radius 3 is 3.00 bits per heavy atom. The van der Waals surface area contributed by atoms with Crippen LogP contribution in [0.3, 0.4) is 0 Å². The topological polar surface area (TPSA) is 34.0 Å². The molecule has 1 atom stereocenters. The fourth-order valence-electron chi connectivity index (χ4n) is 2.09. The minimum Gasteiger partial charge on any atom is -0.367 e. The number of rotatable bonds is 3. The Labute approximate surface area is 115 Å². The van der Waals surface area contributed by atoms with Crippen molar-refractivity contribution in [2.24, 2.45) is 5.92 Å². The highest BCUT2D eigenvalue weighted by molar-refractivity contribution is 14.1. The molecule has 0 radical (unpaired) electrons. The fraction of sp³-hybridized carbons (Fsp3) is 0.500. The largest absolute Gasteiger partial charge is 0.367 e. The molecule has 90 valence electrons. The highest BCUT2D eigenvalue weighted by atomic mass is 127. The van der Waals surface area contributed by atoms with E-state index in [9.17, 15) is 0 Å². The zero-order chi connectivity index (χ0) is 11.8. The predicted octanol–water partition coefficient (Wildman–Crippen LogP) is 2.51. The zero-order valence-corrected chi connectivity index (χ0v) is 11.9. The van der Waals surface area contributed by atoms with Crippen LogP contribution in [0.2, 0.25) is 0 Å².